The van der Waals surface area contributed by atoms with Crippen molar-refractivity contribution in [2.75, 3.05) is 0 Å². The molecule has 0 radical (unpaired) electrons. The lowest BCUT2D eigenvalue weighted by molar-refractivity contribution is -0.145. The quantitative estimate of drug-likeness (QED) is 0.358. The van der Waals surface area contributed by atoms with E-state index >= 15 is 0 Å². The van der Waals surface area contributed by atoms with E-state index in [9.17, 15) is 4.79 Å². The molecule has 2 heteroatoms. The van der Waals surface area contributed by atoms with Crippen LogP contribution in [0.4, 0.5) is 0 Å². The molecular formula is C15H26O2. The van der Waals surface area contributed by atoms with Crippen LogP contribution in [0.25, 0.3) is 0 Å². The largest absolute Gasteiger partial charge is 0.458 e. The van der Waals surface area contributed by atoms with Gasteiger partial charge in [0.2, 0.25) is 0 Å². The Kier molecular flexibility index (Phi) is 9.50. The number of rotatable bonds is 8. The van der Waals surface area contributed by atoms with E-state index in [1.54, 1.807) is 0 Å². The summed E-state index contributed by atoms with van der Waals surface area (Å²) in [6.45, 7) is 7.63. The standard InChI is InChI=1S/C15H26O2/c1-5-6-7-8-9-10-11-12-15(13(2)3)17-14(4)16/h5-6,11-13,15H,7-10H2,1-4H3. The van der Waals surface area contributed by atoms with Crippen LogP contribution in [0.5, 0.6) is 0 Å². The molecule has 0 heterocycles. The minimum Gasteiger partial charge on any atom is -0.458 e. The second-order valence-corrected chi connectivity index (χ2v) is 4.60. The first-order chi connectivity index (χ1) is 8.07. The van der Waals surface area contributed by atoms with E-state index < -0.39 is 0 Å². The Hall–Kier alpha value is -1.05. The molecule has 0 saturated heterocycles. The van der Waals surface area contributed by atoms with Crippen LogP contribution in [-0.4, -0.2) is 12.1 Å². The summed E-state index contributed by atoms with van der Waals surface area (Å²) in [4.78, 5) is 10.9. The van der Waals surface area contributed by atoms with Crippen molar-refractivity contribution in [2.24, 2.45) is 5.92 Å². The predicted molar refractivity (Wildman–Crippen MR) is 72.8 cm³/mol. The van der Waals surface area contributed by atoms with Gasteiger partial charge in [0.25, 0.3) is 0 Å². The molecule has 2 nitrogen and oxygen atoms in total. The Labute approximate surface area is 106 Å². The van der Waals surface area contributed by atoms with Crippen LogP contribution in [0.1, 0.15) is 53.4 Å². The van der Waals surface area contributed by atoms with Crippen LogP contribution in [0, 0.1) is 5.92 Å². The molecule has 0 N–H and O–H groups in total. The Morgan fingerprint density at radius 1 is 1.18 bits per heavy atom. The van der Waals surface area contributed by atoms with Gasteiger partial charge < -0.3 is 4.74 Å². The van der Waals surface area contributed by atoms with Crippen molar-refractivity contribution in [1.82, 2.24) is 0 Å². The van der Waals surface area contributed by atoms with E-state index in [1.807, 2.05) is 13.0 Å². The maximum Gasteiger partial charge on any atom is 0.303 e. The average molecular weight is 238 g/mol. The first-order valence-corrected chi connectivity index (χ1v) is 6.53. The minimum atomic E-state index is -0.207. The highest BCUT2D eigenvalue weighted by Crippen LogP contribution is 2.10. The summed E-state index contributed by atoms with van der Waals surface area (Å²) < 4.78 is 5.22. The molecule has 0 amide bonds. The number of esters is 1. The number of carbonyl (C=O) groups excluding carboxylic acids is 1. The molecule has 0 rings (SSSR count). The van der Waals surface area contributed by atoms with Crippen molar-refractivity contribution in [1.29, 1.82) is 0 Å². The van der Waals surface area contributed by atoms with E-state index in [2.05, 4.69) is 32.1 Å². The Morgan fingerprint density at radius 3 is 2.24 bits per heavy atom. The number of hydrogen-bond acceptors (Lipinski definition) is 2. The molecule has 0 aromatic heterocycles. The number of unbranched alkanes of at least 4 members (excludes halogenated alkanes) is 3. The zero-order valence-electron chi connectivity index (χ0n) is 11.6. The normalized spacial score (nSPS) is 13.7. The second kappa shape index (κ2) is 10.1. The fraction of sp³-hybridized carbons (Fsp3) is 0.667. The van der Waals surface area contributed by atoms with Gasteiger partial charge in [0.1, 0.15) is 6.10 Å². The first kappa shape index (κ1) is 16.0. The van der Waals surface area contributed by atoms with Gasteiger partial charge in [-0.3, -0.25) is 4.79 Å². The minimum absolute atomic E-state index is 0.0805. The summed E-state index contributed by atoms with van der Waals surface area (Å²) >= 11 is 0. The molecule has 0 aliphatic carbocycles. The summed E-state index contributed by atoms with van der Waals surface area (Å²) in [5.41, 5.74) is 0. The van der Waals surface area contributed by atoms with E-state index in [1.165, 1.54) is 19.8 Å². The zero-order valence-corrected chi connectivity index (χ0v) is 11.6. The zero-order chi connectivity index (χ0) is 13.1. The molecule has 0 fully saturated rings. The molecular weight excluding hydrogens is 212 g/mol. The van der Waals surface area contributed by atoms with Crippen LogP contribution < -0.4 is 0 Å². The van der Waals surface area contributed by atoms with Gasteiger partial charge >= 0.3 is 5.97 Å². The van der Waals surface area contributed by atoms with Crippen molar-refractivity contribution in [3.05, 3.63) is 24.3 Å². The van der Waals surface area contributed by atoms with Gasteiger partial charge in [-0.05, 0) is 44.6 Å². The molecule has 0 aliphatic heterocycles. The van der Waals surface area contributed by atoms with E-state index in [4.69, 9.17) is 4.74 Å². The van der Waals surface area contributed by atoms with Crippen molar-refractivity contribution in [3.8, 4) is 0 Å². The van der Waals surface area contributed by atoms with Gasteiger partial charge in [0, 0.05) is 6.92 Å². The van der Waals surface area contributed by atoms with Gasteiger partial charge in [0.05, 0.1) is 0 Å². The highest BCUT2D eigenvalue weighted by molar-refractivity contribution is 5.66. The third-order valence-electron chi connectivity index (χ3n) is 2.51. The number of allylic oxidation sites excluding steroid dienone is 3. The smallest absolute Gasteiger partial charge is 0.303 e. The van der Waals surface area contributed by atoms with Crippen molar-refractivity contribution >= 4 is 5.97 Å². The lowest BCUT2D eigenvalue weighted by Crippen LogP contribution is -2.19. The number of hydrogen-bond donors (Lipinski definition) is 0. The van der Waals surface area contributed by atoms with Gasteiger partial charge in [-0.2, -0.15) is 0 Å². The Balaban J connectivity index is 3.81. The van der Waals surface area contributed by atoms with Crippen LogP contribution in [0.15, 0.2) is 24.3 Å². The first-order valence-electron chi connectivity index (χ1n) is 6.53. The Bertz CT molecular complexity index is 252. The molecule has 0 spiro atoms. The SMILES string of the molecule is CC=CCCCCC=CC(OC(C)=O)C(C)C. The van der Waals surface area contributed by atoms with Crippen molar-refractivity contribution in [3.63, 3.8) is 0 Å². The highest BCUT2D eigenvalue weighted by Gasteiger charge is 2.11. The monoisotopic (exact) mass is 238 g/mol. The van der Waals surface area contributed by atoms with Gasteiger partial charge in [-0.25, -0.2) is 0 Å². The van der Waals surface area contributed by atoms with Crippen LogP contribution in [0.3, 0.4) is 0 Å². The summed E-state index contributed by atoms with van der Waals surface area (Å²) in [7, 11) is 0. The molecule has 0 bridgehead atoms. The van der Waals surface area contributed by atoms with Gasteiger partial charge in [-0.1, -0.05) is 32.1 Å². The second-order valence-electron chi connectivity index (χ2n) is 4.60. The van der Waals surface area contributed by atoms with Crippen LogP contribution >= 0.6 is 0 Å². The van der Waals surface area contributed by atoms with Crippen molar-refractivity contribution in [2.45, 2.75) is 59.5 Å². The maximum atomic E-state index is 10.9. The molecule has 1 unspecified atom stereocenters. The van der Waals surface area contributed by atoms with Crippen LogP contribution in [-0.2, 0) is 9.53 Å². The average Bonchev–Trinajstić information content (AvgIpc) is 2.25. The predicted octanol–water partition coefficient (Wildman–Crippen LogP) is 4.27. The molecule has 98 valence electrons. The van der Waals surface area contributed by atoms with Gasteiger partial charge in [-0.15, -0.1) is 0 Å². The third-order valence-corrected chi connectivity index (χ3v) is 2.51. The van der Waals surface area contributed by atoms with Crippen molar-refractivity contribution < 1.29 is 9.53 Å². The van der Waals surface area contributed by atoms with Crippen LogP contribution in [0.2, 0.25) is 0 Å². The van der Waals surface area contributed by atoms with E-state index in [0.29, 0.717) is 5.92 Å². The molecule has 0 aliphatic rings. The Morgan fingerprint density at radius 2 is 1.76 bits per heavy atom. The molecule has 0 saturated carbocycles. The lowest BCUT2D eigenvalue weighted by Gasteiger charge is -2.16. The van der Waals surface area contributed by atoms with E-state index in [-0.39, 0.29) is 12.1 Å². The maximum absolute atomic E-state index is 10.9. The van der Waals surface area contributed by atoms with Gasteiger partial charge in [0.15, 0.2) is 0 Å². The highest BCUT2D eigenvalue weighted by atomic mass is 16.5. The fourth-order valence-electron chi connectivity index (χ4n) is 1.51. The number of carbonyl (C=O) groups is 1. The molecule has 1 atom stereocenters. The lowest BCUT2D eigenvalue weighted by atomic mass is 10.1. The topological polar surface area (TPSA) is 26.3 Å². The molecule has 0 aromatic carbocycles. The third kappa shape index (κ3) is 9.86. The fourth-order valence-corrected chi connectivity index (χ4v) is 1.51. The summed E-state index contributed by atoms with van der Waals surface area (Å²) in [6.07, 6.45) is 13.0. The molecule has 17 heavy (non-hydrogen) atoms. The summed E-state index contributed by atoms with van der Waals surface area (Å²) in [6, 6.07) is 0. The van der Waals surface area contributed by atoms with E-state index in [0.717, 1.165) is 12.8 Å². The summed E-state index contributed by atoms with van der Waals surface area (Å²) in [5, 5.41) is 0. The summed E-state index contributed by atoms with van der Waals surface area (Å²) in [5.74, 6) is 0.125. The number of ether oxygens (including phenoxy) is 1. The molecule has 0 aromatic rings.